The van der Waals surface area contributed by atoms with Gasteiger partial charge in [-0.2, -0.15) is 0 Å². The highest BCUT2D eigenvalue weighted by atomic mass is 32.1. The van der Waals surface area contributed by atoms with Gasteiger partial charge in [-0.25, -0.2) is 0 Å². The van der Waals surface area contributed by atoms with Crippen molar-refractivity contribution in [2.45, 2.75) is 0 Å². The van der Waals surface area contributed by atoms with Gasteiger partial charge in [-0.05, 0) is 60.3 Å². The molecule has 2 aromatic rings. The number of nitrogens with one attached hydrogen (secondary N) is 1. The first kappa shape index (κ1) is 18.7. The molecule has 27 heavy (non-hydrogen) atoms. The van der Waals surface area contributed by atoms with Gasteiger partial charge in [0.25, 0.3) is 5.91 Å². The number of amides is 1. The second-order valence-electron chi connectivity index (χ2n) is 6.19. The Morgan fingerprint density at radius 3 is 2.33 bits per heavy atom. The number of carbonyl (C=O) groups excluding carboxylic acids is 1. The molecule has 138 valence electrons. The van der Waals surface area contributed by atoms with Gasteiger partial charge in [0.05, 0.1) is 12.8 Å². The fourth-order valence-corrected chi connectivity index (χ4v) is 2.95. The van der Waals surface area contributed by atoms with Crippen LogP contribution in [0.25, 0.3) is 6.08 Å². The smallest absolute Gasteiger partial charge is 0.281 e. The van der Waals surface area contributed by atoms with Crippen molar-refractivity contribution in [3.63, 3.8) is 0 Å². The SMILES string of the molecule is COc1ccc(N2C(=O)/C(=C/C=C/c3ccc(N(C)C)cc3)NC2=S)cc1. The lowest BCUT2D eigenvalue weighted by molar-refractivity contribution is -0.113. The largest absolute Gasteiger partial charge is 0.497 e. The lowest BCUT2D eigenvalue weighted by Gasteiger charge is -2.14. The number of hydrogen-bond acceptors (Lipinski definition) is 4. The molecule has 1 heterocycles. The fraction of sp³-hybridized carbons (Fsp3) is 0.143. The summed E-state index contributed by atoms with van der Waals surface area (Å²) in [7, 11) is 5.61. The molecule has 0 unspecified atom stereocenters. The molecule has 1 aliphatic rings. The molecule has 6 heteroatoms. The third-order valence-electron chi connectivity index (χ3n) is 4.17. The first-order valence-electron chi connectivity index (χ1n) is 8.45. The first-order chi connectivity index (χ1) is 13.0. The third-order valence-corrected chi connectivity index (χ3v) is 4.45. The standard InChI is InChI=1S/C21H21N3O2S/c1-23(2)16-9-7-15(8-10-16)5-4-6-19-20(25)24(21(27)22-19)17-11-13-18(26-3)14-12-17/h4-14H,1-3H3,(H,22,27)/b5-4+,19-6-. The molecule has 2 aromatic carbocycles. The molecule has 1 fully saturated rings. The molecule has 0 atom stereocenters. The molecule has 0 spiro atoms. The molecular formula is C21H21N3O2S. The third kappa shape index (κ3) is 4.17. The summed E-state index contributed by atoms with van der Waals surface area (Å²) in [5.41, 5.74) is 3.33. The van der Waals surface area contributed by atoms with E-state index in [9.17, 15) is 4.79 Å². The van der Waals surface area contributed by atoms with Crippen LogP contribution in [0.2, 0.25) is 0 Å². The molecule has 1 amide bonds. The summed E-state index contributed by atoms with van der Waals surface area (Å²) in [6.07, 6.45) is 5.52. The number of methoxy groups -OCH3 is 1. The molecular weight excluding hydrogens is 358 g/mol. The zero-order chi connectivity index (χ0) is 19.4. The van der Waals surface area contributed by atoms with Crippen molar-refractivity contribution in [1.82, 2.24) is 5.32 Å². The molecule has 5 nitrogen and oxygen atoms in total. The van der Waals surface area contributed by atoms with Crippen LogP contribution in [0.1, 0.15) is 5.56 Å². The first-order valence-corrected chi connectivity index (χ1v) is 8.85. The quantitative estimate of drug-likeness (QED) is 0.636. The maximum absolute atomic E-state index is 12.7. The second-order valence-corrected chi connectivity index (χ2v) is 6.58. The van der Waals surface area contributed by atoms with Crippen molar-refractivity contribution < 1.29 is 9.53 Å². The van der Waals surface area contributed by atoms with Crippen LogP contribution in [-0.2, 0) is 4.79 Å². The number of anilines is 2. The summed E-state index contributed by atoms with van der Waals surface area (Å²) in [5.74, 6) is 0.543. The Morgan fingerprint density at radius 1 is 1.07 bits per heavy atom. The van der Waals surface area contributed by atoms with Crippen LogP contribution < -0.4 is 19.9 Å². The molecule has 0 saturated carbocycles. The van der Waals surface area contributed by atoms with E-state index >= 15 is 0 Å². The molecule has 3 rings (SSSR count). The summed E-state index contributed by atoms with van der Waals surface area (Å²) in [4.78, 5) is 16.2. The Hall–Kier alpha value is -3.12. The summed E-state index contributed by atoms with van der Waals surface area (Å²) < 4.78 is 5.15. The van der Waals surface area contributed by atoms with Crippen LogP contribution in [0.15, 0.2) is 66.4 Å². The number of thiocarbonyl (C=S) groups is 1. The number of allylic oxidation sites excluding steroid dienone is 2. The van der Waals surface area contributed by atoms with Gasteiger partial charge in [-0.3, -0.25) is 9.69 Å². The van der Waals surface area contributed by atoms with E-state index in [-0.39, 0.29) is 5.91 Å². The van der Waals surface area contributed by atoms with Crippen molar-refractivity contribution >= 4 is 40.7 Å². The van der Waals surface area contributed by atoms with E-state index in [2.05, 4.69) is 5.32 Å². The van der Waals surface area contributed by atoms with Gasteiger partial charge in [-0.1, -0.05) is 24.3 Å². The Kier molecular flexibility index (Phi) is 5.57. The van der Waals surface area contributed by atoms with Crippen LogP contribution >= 0.6 is 12.2 Å². The summed E-state index contributed by atoms with van der Waals surface area (Å²) in [6, 6.07) is 15.4. The Bertz CT molecular complexity index is 900. The highest BCUT2D eigenvalue weighted by molar-refractivity contribution is 7.80. The molecule has 0 aliphatic carbocycles. The number of rotatable bonds is 5. The number of carbonyl (C=O) groups is 1. The van der Waals surface area contributed by atoms with Crippen LogP contribution in [0.4, 0.5) is 11.4 Å². The summed E-state index contributed by atoms with van der Waals surface area (Å²) >= 11 is 5.31. The van der Waals surface area contributed by atoms with Crippen molar-refractivity contribution in [3.05, 3.63) is 71.9 Å². The number of ether oxygens (including phenoxy) is 1. The zero-order valence-electron chi connectivity index (χ0n) is 15.5. The molecule has 0 bridgehead atoms. The van der Waals surface area contributed by atoms with Crippen LogP contribution in [-0.4, -0.2) is 32.2 Å². The van der Waals surface area contributed by atoms with E-state index in [1.807, 2.05) is 55.4 Å². The summed E-state index contributed by atoms with van der Waals surface area (Å²) in [5, 5.41) is 3.33. The number of nitrogens with zero attached hydrogens (tertiary/aromatic N) is 2. The van der Waals surface area contributed by atoms with Crippen LogP contribution in [0.3, 0.4) is 0 Å². The molecule has 1 saturated heterocycles. The Labute approximate surface area is 164 Å². The van der Waals surface area contributed by atoms with Gasteiger partial charge < -0.3 is 15.0 Å². The second kappa shape index (κ2) is 8.05. The van der Waals surface area contributed by atoms with Gasteiger partial charge in [0.2, 0.25) is 0 Å². The fourth-order valence-electron chi connectivity index (χ4n) is 2.66. The van der Waals surface area contributed by atoms with Crippen molar-refractivity contribution in [3.8, 4) is 5.75 Å². The molecule has 1 N–H and O–H groups in total. The number of benzene rings is 2. The Balaban J connectivity index is 1.73. The average molecular weight is 379 g/mol. The van der Waals surface area contributed by atoms with E-state index in [0.717, 1.165) is 17.0 Å². The van der Waals surface area contributed by atoms with Gasteiger partial charge in [0.15, 0.2) is 5.11 Å². The highest BCUT2D eigenvalue weighted by Crippen LogP contribution is 2.24. The van der Waals surface area contributed by atoms with Crippen LogP contribution in [0.5, 0.6) is 5.75 Å². The minimum Gasteiger partial charge on any atom is -0.497 e. The van der Waals surface area contributed by atoms with Gasteiger partial charge in [0.1, 0.15) is 11.4 Å². The van der Waals surface area contributed by atoms with Gasteiger partial charge in [0, 0.05) is 19.8 Å². The Morgan fingerprint density at radius 2 is 1.74 bits per heavy atom. The van der Waals surface area contributed by atoms with Gasteiger partial charge >= 0.3 is 0 Å². The molecule has 1 aliphatic heterocycles. The van der Waals surface area contributed by atoms with E-state index in [1.165, 1.54) is 4.90 Å². The van der Waals surface area contributed by atoms with Crippen LogP contribution in [0, 0.1) is 0 Å². The topological polar surface area (TPSA) is 44.8 Å². The van der Waals surface area contributed by atoms with E-state index < -0.39 is 0 Å². The maximum atomic E-state index is 12.7. The molecule has 0 aromatic heterocycles. The van der Waals surface area contributed by atoms with Crippen molar-refractivity contribution in [1.29, 1.82) is 0 Å². The van der Waals surface area contributed by atoms with Crippen molar-refractivity contribution in [2.75, 3.05) is 31.0 Å². The highest BCUT2D eigenvalue weighted by Gasteiger charge is 2.31. The van der Waals surface area contributed by atoms with Gasteiger partial charge in [-0.15, -0.1) is 0 Å². The predicted octanol–water partition coefficient (Wildman–Crippen LogP) is 3.58. The minimum atomic E-state index is -0.183. The normalized spacial score (nSPS) is 15.5. The summed E-state index contributed by atoms with van der Waals surface area (Å²) in [6.45, 7) is 0. The monoisotopic (exact) mass is 379 g/mol. The minimum absolute atomic E-state index is 0.183. The number of hydrogen-bond donors (Lipinski definition) is 1. The lowest BCUT2D eigenvalue weighted by Crippen LogP contribution is -2.30. The van der Waals surface area contributed by atoms with E-state index in [1.54, 1.807) is 37.5 Å². The van der Waals surface area contributed by atoms with E-state index in [4.69, 9.17) is 17.0 Å². The molecule has 0 radical (unpaired) electrons. The lowest BCUT2D eigenvalue weighted by atomic mass is 10.2. The maximum Gasteiger partial charge on any atom is 0.281 e. The average Bonchev–Trinajstić information content (AvgIpc) is 2.96. The van der Waals surface area contributed by atoms with Crippen molar-refractivity contribution in [2.24, 2.45) is 0 Å². The van der Waals surface area contributed by atoms with E-state index in [0.29, 0.717) is 16.5 Å². The zero-order valence-corrected chi connectivity index (χ0v) is 16.3. The predicted molar refractivity (Wildman–Crippen MR) is 114 cm³/mol.